The largest absolute Gasteiger partial charge is 0.495 e. The number of benzene rings is 1. The molecule has 17 heavy (non-hydrogen) atoms. The molecule has 0 fully saturated rings. The average molecular weight is 258 g/mol. The molecule has 5 heteroatoms. The zero-order valence-corrected chi connectivity index (χ0v) is 10.4. The molecule has 0 spiro atoms. The van der Waals surface area contributed by atoms with Gasteiger partial charge >= 0.3 is 5.97 Å². The number of carboxylic acids is 1. The van der Waals surface area contributed by atoms with Gasteiger partial charge in [-0.1, -0.05) is 17.7 Å². The van der Waals surface area contributed by atoms with Crippen LogP contribution in [0.4, 0.5) is 0 Å². The summed E-state index contributed by atoms with van der Waals surface area (Å²) in [5.74, 6) is -0.889. The molecular formula is C12H16ClNO3. The van der Waals surface area contributed by atoms with Crippen molar-refractivity contribution in [1.82, 2.24) is 0 Å². The Bertz CT molecular complexity index is 395. The highest BCUT2D eigenvalue weighted by atomic mass is 35.5. The number of rotatable bonds is 6. The Morgan fingerprint density at radius 3 is 2.76 bits per heavy atom. The number of methoxy groups -OCH3 is 1. The molecule has 0 saturated carbocycles. The summed E-state index contributed by atoms with van der Waals surface area (Å²) in [4.78, 5) is 11.2. The van der Waals surface area contributed by atoms with Crippen molar-refractivity contribution >= 4 is 17.6 Å². The molecule has 0 aliphatic rings. The standard InChI is InChI=1S/C12H16ClNO3/c1-17-11-5-4-8(7-10(11)13)9(12(15)16)3-2-6-14/h4-5,7,9H,2-3,6,14H2,1H3,(H,15,16). The van der Waals surface area contributed by atoms with Gasteiger partial charge in [0.05, 0.1) is 18.1 Å². The maximum absolute atomic E-state index is 11.2. The molecule has 0 aromatic heterocycles. The number of halogens is 1. The Morgan fingerprint density at radius 1 is 1.59 bits per heavy atom. The summed E-state index contributed by atoms with van der Waals surface area (Å²) in [7, 11) is 1.52. The van der Waals surface area contributed by atoms with Crippen LogP contribution in [0.3, 0.4) is 0 Å². The maximum atomic E-state index is 11.2. The van der Waals surface area contributed by atoms with E-state index in [4.69, 9.17) is 27.2 Å². The van der Waals surface area contributed by atoms with E-state index in [2.05, 4.69) is 0 Å². The molecule has 0 radical (unpaired) electrons. The van der Waals surface area contributed by atoms with Gasteiger partial charge in [0.1, 0.15) is 5.75 Å². The summed E-state index contributed by atoms with van der Waals surface area (Å²) in [5, 5.41) is 9.58. The van der Waals surface area contributed by atoms with Gasteiger partial charge < -0.3 is 15.6 Å². The fraction of sp³-hybridized carbons (Fsp3) is 0.417. The second-order valence-corrected chi connectivity index (χ2v) is 4.12. The van der Waals surface area contributed by atoms with Gasteiger partial charge in [-0.2, -0.15) is 0 Å². The van der Waals surface area contributed by atoms with Crippen LogP contribution in [0.1, 0.15) is 24.3 Å². The molecule has 0 aliphatic carbocycles. The monoisotopic (exact) mass is 257 g/mol. The molecule has 0 saturated heterocycles. The van der Waals surface area contributed by atoms with E-state index < -0.39 is 11.9 Å². The van der Waals surface area contributed by atoms with E-state index in [0.29, 0.717) is 35.7 Å². The molecule has 1 rings (SSSR count). The number of carboxylic acid groups (broad SMARTS) is 1. The van der Waals surface area contributed by atoms with Crippen LogP contribution >= 0.6 is 11.6 Å². The van der Waals surface area contributed by atoms with Crippen molar-refractivity contribution in [3.05, 3.63) is 28.8 Å². The third-order valence-electron chi connectivity index (χ3n) is 2.57. The first-order valence-electron chi connectivity index (χ1n) is 5.36. The Labute approximate surface area is 105 Å². The van der Waals surface area contributed by atoms with Crippen molar-refractivity contribution in [3.63, 3.8) is 0 Å². The van der Waals surface area contributed by atoms with Crippen LogP contribution in [0.15, 0.2) is 18.2 Å². The van der Waals surface area contributed by atoms with Crippen LogP contribution < -0.4 is 10.5 Å². The molecule has 0 heterocycles. The topological polar surface area (TPSA) is 72.5 Å². The highest BCUT2D eigenvalue weighted by Gasteiger charge is 2.20. The maximum Gasteiger partial charge on any atom is 0.310 e. The lowest BCUT2D eigenvalue weighted by Crippen LogP contribution is -2.13. The zero-order valence-electron chi connectivity index (χ0n) is 9.65. The summed E-state index contributed by atoms with van der Waals surface area (Å²) in [6.07, 6.45) is 1.18. The first-order valence-corrected chi connectivity index (χ1v) is 5.74. The summed E-state index contributed by atoms with van der Waals surface area (Å²) in [5.41, 5.74) is 6.07. The Kier molecular flexibility index (Phi) is 5.25. The van der Waals surface area contributed by atoms with E-state index in [1.807, 2.05) is 0 Å². The van der Waals surface area contributed by atoms with Crippen molar-refractivity contribution in [1.29, 1.82) is 0 Å². The van der Waals surface area contributed by atoms with Gasteiger partial charge in [-0.25, -0.2) is 0 Å². The number of hydrogen-bond donors (Lipinski definition) is 2. The van der Waals surface area contributed by atoms with E-state index in [9.17, 15) is 4.79 Å². The fourth-order valence-electron chi connectivity index (χ4n) is 1.65. The van der Waals surface area contributed by atoms with Gasteiger partial charge in [-0.15, -0.1) is 0 Å². The van der Waals surface area contributed by atoms with Crippen LogP contribution in [-0.2, 0) is 4.79 Å². The predicted octanol–water partition coefficient (Wildman–Crippen LogP) is 2.26. The molecule has 0 bridgehead atoms. The summed E-state index contributed by atoms with van der Waals surface area (Å²) in [6, 6.07) is 5.03. The minimum atomic E-state index is -0.861. The van der Waals surface area contributed by atoms with Gasteiger partial charge in [0.15, 0.2) is 0 Å². The zero-order chi connectivity index (χ0) is 12.8. The number of ether oxygens (including phenoxy) is 1. The summed E-state index contributed by atoms with van der Waals surface area (Å²) < 4.78 is 5.02. The summed E-state index contributed by atoms with van der Waals surface area (Å²) >= 11 is 5.97. The van der Waals surface area contributed by atoms with E-state index in [1.165, 1.54) is 7.11 Å². The Hall–Kier alpha value is -1.26. The number of hydrogen-bond acceptors (Lipinski definition) is 3. The van der Waals surface area contributed by atoms with Gasteiger partial charge in [0, 0.05) is 0 Å². The molecule has 1 aromatic rings. The van der Waals surface area contributed by atoms with Crippen LogP contribution in [0.2, 0.25) is 5.02 Å². The van der Waals surface area contributed by atoms with E-state index in [0.717, 1.165) is 0 Å². The molecule has 0 amide bonds. The van der Waals surface area contributed by atoms with Crippen molar-refractivity contribution < 1.29 is 14.6 Å². The van der Waals surface area contributed by atoms with Gasteiger partial charge in [-0.05, 0) is 37.1 Å². The lowest BCUT2D eigenvalue weighted by atomic mass is 9.94. The normalized spacial score (nSPS) is 12.2. The lowest BCUT2D eigenvalue weighted by molar-refractivity contribution is -0.139. The quantitative estimate of drug-likeness (QED) is 0.820. The van der Waals surface area contributed by atoms with Gasteiger partial charge in [0.2, 0.25) is 0 Å². The molecule has 1 aromatic carbocycles. The molecule has 3 N–H and O–H groups in total. The highest BCUT2D eigenvalue weighted by Crippen LogP contribution is 2.30. The smallest absolute Gasteiger partial charge is 0.310 e. The second-order valence-electron chi connectivity index (χ2n) is 3.72. The number of nitrogens with two attached hydrogens (primary N) is 1. The van der Waals surface area contributed by atoms with Crippen molar-refractivity contribution in [2.24, 2.45) is 5.73 Å². The van der Waals surface area contributed by atoms with E-state index >= 15 is 0 Å². The number of aliphatic carboxylic acids is 1. The molecule has 1 unspecified atom stereocenters. The molecule has 0 aliphatic heterocycles. The minimum Gasteiger partial charge on any atom is -0.495 e. The van der Waals surface area contributed by atoms with Gasteiger partial charge in [0.25, 0.3) is 0 Å². The van der Waals surface area contributed by atoms with E-state index in [-0.39, 0.29) is 0 Å². The molecule has 1 atom stereocenters. The van der Waals surface area contributed by atoms with Gasteiger partial charge in [-0.3, -0.25) is 4.79 Å². The van der Waals surface area contributed by atoms with Crippen molar-refractivity contribution in [2.75, 3.05) is 13.7 Å². The van der Waals surface area contributed by atoms with Crippen LogP contribution in [0, 0.1) is 0 Å². The summed E-state index contributed by atoms with van der Waals surface area (Å²) in [6.45, 7) is 0.480. The average Bonchev–Trinajstić information content (AvgIpc) is 2.29. The highest BCUT2D eigenvalue weighted by molar-refractivity contribution is 6.32. The minimum absolute atomic E-state index is 0.420. The molecule has 94 valence electrons. The number of carbonyl (C=O) groups is 1. The Morgan fingerprint density at radius 2 is 2.29 bits per heavy atom. The molecule has 4 nitrogen and oxygen atoms in total. The first-order chi connectivity index (χ1) is 8.10. The SMILES string of the molecule is COc1ccc(C(CCCN)C(=O)O)cc1Cl. The van der Waals surface area contributed by atoms with Crippen molar-refractivity contribution in [3.8, 4) is 5.75 Å². The third kappa shape index (κ3) is 3.61. The third-order valence-corrected chi connectivity index (χ3v) is 2.87. The molecular weight excluding hydrogens is 242 g/mol. The van der Waals surface area contributed by atoms with Crippen molar-refractivity contribution in [2.45, 2.75) is 18.8 Å². The van der Waals surface area contributed by atoms with Crippen LogP contribution in [-0.4, -0.2) is 24.7 Å². The predicted molar refractivity (Wildman–Crippen MR) is 66.7 cm³/mol. The fourth-order valence-corrected chi connectivity index (χ4v) is 1.92. The van der Waals surface area contributed by atoms with E-state index in [1.54, 1.807) is 18.2 Å². The van der Waals surface area contributed by atoms with Crippen LogP contribution in [0.5, 0.6) is 5.75 Å². The second kappa shape index (κ2) is 6.47. The lowest BCUT2D eigenvalue weighted by Gasteiger charge is -2.13. The van der Waals surface area contributed by atoms with Crippen LogP contribution in [0.25, 0.3) is 0 Å². The Balaban J connectivity index is 2.94. The first kappa shape index (κ1) is 13.8.